The third kappa shape index (κ3) is 4.53. The van der Waals surface area contributed by atoms with Crippen molar-refractivity contribution >= 4 is 17.5 Å². The van der Waals surface area contributed by atoms with Crippen LogP contribution in [-0.2, 0) is 11.2 Å². The first-order valence-corrected chi connectivity index (χ1v) is 9.36. The number of fused-ring (bicyclic) bond motifs is 1. The molecule has 5 nitrogen and oxygen atoms in total. The molecule has 2 aromatic rings. The zero-order valence-corrected chi connectivity index (χ0v) is 15.9. The SMILES string of the molecule is CCOc1cc(C#N)cc(Cl)c1OCC(=O)N[C@@H]1CCCc2ccccc21. The van der Waals surface area contributed by atoms with Gasteiger partial charge < -0.3 is 14.8 Å². The van der Waals surface area contributed by atoms with Gasteiger partial charge in [-0.3, -0.25) is 4.79 Å². The maximum Gasteiger partial charge on any atom is 0.258 e. The molecular formula is C21H21ClN2O3. The molecule has 6 heteroatoms. The number of ether oxygens (including phenoxy) is 2. The molecule has 1 aliphatic carbocycles. The molecule has 27 heavy (non-hydrogen) atoms. The fraction of sp³-hybridized carbons (Fsp3) is 0.333. The Hall–Kier alpha value is -2.71. The summed E-state index contributed by atoms with van der Waals surface area (Å²) < 4.78 is 11.1. The van der Waals surface area contributed by atoms with Crippen LogP contribution in [0.5, 0.6) is 11.5 Å². The predicted molar refractivity (Wildman–Crippen MR) is 103 cm³/mol. The molecule has 0 spiro atoms. The van der Waals surface area contributed by atoms with E-state index in [1.165, 1.54) is 17.2 Å². The Balaban J connectivity index is 1.68. The number of carbonyl (C=O) groups excluding carboxylic acids is 1. The number of rotatable bonds is 6. The van der Waals surface area contributed by atoms with Crippen molar-refractivity contribution in [2.75, 3.05) is 13.2 Å². The van der Waals surface area contributed by atoms with Crippen molar-refractivity contribution in [3.05, 3.63) is 58.1 Å². The van der Waals surface area contributed by atoms with Crippen LogP contribution in [-0.4, -0.2) is 19.1 Å². The fourth-order valence-corrected chi connectivity index (χ4v) is 3.58. The summed E-state index contributed by atoms with van der Waals surface area (Å²) in [5, 5.41) is 12.3. The van der Waals surface area contributed by atoms with Gasteiger partial charge in [-0.1, -0.05) is 35.9 Å². The van der Waals surface area contributed by atoms with Gasteiger partial charge in [0.15, 0.2) is 18.1 Å². The summed E-state index contributed by atoms with van der Waals surface area (Å²) in [6.45, 7) is 2.04. The minimum Gasteiger partial charge on any atom is -0.490 e. The zero-order valence-electron chi connectivity index (χ0n) is 15.1. The Labute approximate surface area is 163 Å². The predicted octanol–water partition coefficient (Wildman–Crippen LogP) is 4.18. The van der Waals surface area contributed by atoms with E-state index in [9.17, 15) is 4.79 Å². The van der Waals surface area contributed by atoms with E-state index in [2.05, 4.69) is 17.4 Å². The lowest BCUT2D eigenvalue weighted by molar-refractivity contribution is -0.124. The van der Waals surface area contributed by atoms with Crippen LogP contribution in [0.4, 0.5) is 0 Å². The first-order chi connectivity index (χ1) is 13.1. The van der Waals surface area contributed by atoms with Crippen LogP contribution in [0.3, 0.4) is 0 Å². The van der Waals surface area contributed by atoms with Crippen molar-refractivity contribution in [3.63, 3.8) is 0 Å². The summed E-state index contributed by atoms with van der Waals surface area (Å²) in [7, 11) is 0. The number of amides is 1. The zero-order chi connectivity index (χ0) is 19.2. The summed E-state index contributed by atoms with van der Waals surface area (Å²) in [5.74, 6) is 0.411. The van der Waals surface area contributed by atoms with Gasteiger partial charge in [-0.25, -0.2) is 0 Å². The summed E-state index contributed by atoms with van der Waals surface area (Å²) in [4.78, 5) is 12.4. The number of halogens is 1. The van der Waals surface area contributed by atoms with Crippen molar-refractivity contribution in [2.24, 2.45) is 0 Å². The molecule has 1 N–H and O–H groups in total. The molecule has 0 saturated heterocycles. The number of nitriles is 1. The van der Waals surface area contributed by atoms with Crippen molar-refractivity contribution in [2.45, 2.75) is 32.2 Å². The van der Waals surface area contributed by atoms with Crippen molar-refractivity contribution < 1.29 is 14.3 Å². The molecule has 0 aliphatic heterocycles. The van der Waals surface area contributed by atoms with E-state index >= 15 is 0 Å². The van der Waals surface area contributed by atoms with Crippen molar-refractivity contribution in [3.8, 4) is 17.6 Å². The van der Waals surface area contributed by atoms with E-state index < -0.39 is 0 Å². The third-order valence-corrected chi connectivity index (χ3v) is 4.77. The molecule has 0 bridgehead atoms. The highest BCUT2D eigenvalue weighted by Gasteiger charge is 2.22. The fourth-order valence-electron chi connectivity index (χ4n) is 3.31. The molecular weight excluding hydrogens is 364 g/mol. The van der Waals surface area contributed by atoms with Gasteiger partial charge in [-0.05, 0) is 43.4 Å². The number of hydrogen-bond acceptors (Lipinski definition) is 4. The minimum atomic E-state index is -0.223. The monoisotopic (exact) mass is 384 g/mol. The van der Waals surface area contributed by atoms with Crippen LogP contribution in [0.2, 0.25) is 5.02 Å². The Kier molecular flexibility index (Phi) is 6.20. The Bertz CT molecular complexity index is 876. The average molecular weight is 385 g/mol. The van der Waals surface area contributed by atoms with E-state index in [-0.39, 0.29) is 29.3 Å². The molecule has 0 fully saturated rings. The highest BCUT2D eigenvalue weighted by Crippen LogP contribution is 2.36. The summed E-state index contributed by atoms with van der Waals surface area (Å²) in [6.07, 6.45) is 2.99. The van der Waals surface area contributed by atoms with Crippen LogP contribution in [0.15, 0.2) is 36.4 Å². The second-order valence-corrected chi connectivity index (χ2v) is 6.74. The van der Waals surface area contributed by atoms with Crippen LogP contribution >= 0.6 is 11.6 Å². The van der Waals surface area contributed by atoms with Gasteiger partial charge in [0.2, 0.25) is 0 Å². The summed E-state index contributed by atoms with van der Waals surface area (Å²) >= 11 is 6.20. The molecule has 1 aliphatic rings. The van der Waals surface area contributed by atoms with E-state index in [4.69, 9.17) is 26.3 Å². The molecule has 0 heterocycles. The molecule has 140 valence electrons. The lowest BCUT2D eigenvalue weighted by Gasteiger charge is -2.26. The molecule has 0 unspecified atom stereocenters. The third-order valence-electron chi connectivity index (χ3n) is 4.49. The Morgan fingerprint density at radius 2 is 2.15 bits per heavy atom. The number of nitrogens with zero attached hydrogens (tertiary/aromatic N) is 1. The number of carbonyl (C=O) groups is 1. The summed E-state index contributed by atoms with van der Waals surface area (Å²) in [6, 6.07) is 13.2. The van der Waals surface area contributed by atoms with Crippen LogP contribution in [0, 0.1) is 11.3 Å². The molecule has 0 aromatic heterocycles. The Morgan fingerprint density at radius 3 is 2.93 bits per heavy atom. The van der Waals surface area contributed by atoms with Gasteiger partial charge in [0.1, 0.15) is 0 Å². The molecule has 0 radical (unpaired) electrons. The Morgan fingerprint density at radius 1 is 1.33 bits per heavy atom. The van der Waals surface area contributed by atoms with E-state index in [0.717, 1.165) is 19.3 Å². The van der Waals surface area contributed by atoms with Gasteiger partial charge in [-0.15, -0.1) is 0 Å². The molecule has 2 aromatic carbocycles. The second kappa shape index (κ2) is 8.79. The first-order valence-electron chi connectivity index (χ1n) is 8.98. The summed E-state index contributed by atoms with van der Waals surface area (Å²) in [5.41, 5.74) is 2.83. The van der Waals surface area contributed by atoms with E-state index in [1.54, 1.807) is 6.07 Å². The number of benzene rings is 2. The largest absolute Gasteiger partial charge is 0.490 e. The first kappa shape index (κ1) is 19.1. The van der Waals surface area contributed by atoms with Gasteiger partial charge in [0.05, 0.1) is 29.3 Å². The normalized spacial score (nSPS) is 15.4. The molecule has 0 saturated carbocycles. The smallest absolute Gasteiger partial charge is 0.258 e. The average Bonchev–Trinajstić information content (AvgIpc) is 2.67. The van der Waals surface area contributed by atoms with Gasteiger partial charge in [0.25, 0.3) is 5.91 Å². The molecule has 1 amide bonds. The lowest BCUT2D eigenvalue weighted by Crippen LogP contribution is -2.34. The number of nitrogens with one attached hydrogen (secondary N) is 1. The highest BCUT2D eigenvalue weighted by atomic mass is 35.5. The highest BCUT2D eigenvalue weighted by molar-refractivity contribution is 6.32. The lowest BCUT2D eigenvalue weighted by atomic mass is 9.88. The second-order valence-electron chi connectivity index (χ2n) is 6.33. The van der Waals surface area contributed by atoms with E-state index in [1.807, 2.05) is 25.1 Å². The van der Waals surface area contributed by atoms with Crippen LogP contribution < -0.4 is 14.8 Å². The quantitative estimate of drug-likeness (QED) is 0.810. The maximum atomic E-state index is 12.4. The standard InChI is InChI=1S/C21H21ClN2O3/c1-2-26-19-11-14(12-23)10-17(22)21(19)27-13-20(25)24-18-9-5-7-15-6-3-4-8-16(15)18/h3-4,6,8,10-11,18H,2,5,7,9,13H2,1H3,(H,24,25)/t18-/m1/s1. The minimum absolute atomic E-state index is 0.00570. The number of aryl methyl sites for hydroxylation is 1. The topological polar surface area (TPSA) is 71.3 Å². The van der Waals surface area contributed by atoms with Gasteiger partial charge in [-0.2, -0.15) is 5.26 Å². The number of hydrogen-bond donors (Lipinski definition) is 1. The van der Waals surface area contributed by atoms with Gasteiger partial charge >= 0.3 is 0 Å². The van der Waals surface area contributed by atoms with Gasteiger partial charge in [0, 0.05) is 6.07 Å². The molecule has 1 atom stereocenters. The van der Waals surface area contributed by atoms with Crippen LogP contribution in [0.1, 0.15) is 42.5 Å². The van der Waals surface area contributed by atoms with Crippen molar-refractivity contribution in [1.29, 1.82) is 5.26 Å². The maximum absolute atomic E-state index is 12.4. The van der Waals surface area contributed by atoms with Crippen molar-refractivity contribution in [1.82, 2.24) is 5.32 Å². The van der Waals surface area contributed by atoms with E-state index in [0.29, 0.717) is 17.9 Å². The molecule has 3 rings (SSSR count). The van der Waals surface area contributed by atoms with Crippen LogP contribution in [0.25, 0.3) is 0 Å².